The third-order valence-electron chi connectivity index (χ3n) is 4.04. The number of para-hydroxylation sites is 1. The number of anilines is 1. The van der Waals surface area contributed by atoms with E-state index in [1.54, 1.807) is 30.1 Å². The monoisotopic (exact) mass is 276 g/mol. The summed E-state index contributed by atoms with van der Waals surface area (Å²) in [7, 11) is 1.71. The highest BCUT2D eigenvalue weighted by molar-refractivity contribution is 6.06. The Morgan fingerprint density at radius 2 is 1.90 bits per heavy atom. The molecule has 3 rings (SSSR count). The zero-order valence-corrected chi connectivity index (χ0v) is 12.0. The van der Waals surface area contributed by atoms with Crippen LogP contribution in [0.3, 0.4) is 0 Å². The average molecular weight is 276 g/mol. The van der Waals surface area contributed by atoms with Crippen LogP contribution >= 0.6 is 0 Å². The number of hydrogen-bond donors (Lipinski definition) is 0. The van der Waals surface area contributed by atoms with E-state index in [9.17, 15) is 4.79 Å². The normalized spacial score (nSPS) is 12.6. The number of hydrogen-bond acceptors (Lipinski definition) is 2. The quantitative estimate of drug-likeness (QED) is 0.844. The lowest BCUT2D eigenvalue weighted by Gasteiger charge is -2.19. The van der Waals surface area contributed by atoms with Crippen molar-refractivity contribution in [1.29, 1.82) is 5.26 Å². The highest BCUT2D eigenvalue weighted by Gasteiger charge is 2.18. The predicted octanol–water partition coefficient (Wildman–Crippen LogP) is 3.32. The van der Waals surface area contributed by atoms with Gasteiger partial charge >= 0.3 is 0 Å². The molecule has 3 nitrogen and oxygen atoms in total. The maximum absolute atomic E-state index is 12.6. The predicted molar refractivity (Wildman–Crippen MR) is 82.4 cm³/mol. The topological polar surface area (TPSA) is 44.1 Å². The first-order chi connectivity index (χ1) is 10.2. The molecule has 0 N–H and O–H groups in total. The van der Waals surface area contributed by atoms with Gasteiger partial charge in [-0.25, -0.2) is 0 Å². The lowest BCUT2D eigenvalue weighted by atomic mass is 10.1. The van der Waals surface area contributed by atoms with Crippen molar-refractivity contribution in [3.8, 4) is 6.07 Å². The maximum Gasteiger partial charge on any atom is 0.258 e. The van der Waals surface area contributed by atoms with E-state index in [4.69, 9.17) is 5.26 Å². The number of nitriles is 1. The summed E-state index contributed by atoms with van der Waals surface area (Å²) in [6, 6.07) is 15.2. The third-order valence-corrected chi connectivity index (χ3v) is 4.04. The van der Waals surface area contributed by atoms with Gasteiger partial charge in [0.15, 0.2) is 0 Å². The van der Waals surface area contributed by atoms with Crippen LogP contribution in [0.5, 0.6) is 0 Å². The zero-order chi connectivity index (χ0) is 14.8. The summed E-state index contributed by atoms with van der Waals surface area (Å²) in [6.07, 6.45) is 3.33. The van der Waals surface area contributed by atoms with Gasteiger partial charge in [0.2, 0.25) is 0 Å². The summed E-state index contributed by atoms with van der Waals surface area (Å²) in [4.78, 5) is 14.2. The number of carbonyl (C=O) groups excluding carboxylic acids is 1. The highest BCUT2D eigenvalue weighted by Crippen LogP contribution is 2.25. The first kappa shape index (κ1) is 13.4. The van der Waals surface area contributed by atoms with Crippen molar-refractivity contribution in [2.75, 3.05) is 11.9 Å². The molecule has 2 aromatic carbocycles. The van der Waals surface area contributed by atoms with Crippen LogP contribution < -0.4 is 4.90 Å². The number of rotatable bonds is 2. The van der Waals surface area contributed by atoms with Crippen molar-refractivity contribution >= 4 is 11.6 Å². The third kappa shape index (κ3) is 2.41. The number of nitrogens with zero attached hydrogens (tertiary/aromatic N) is 2. The first-order valence-corrected chi connectivity index (χ1v) is 7.09. The largest absolute Gasteiger partial charge is 0.310 e. The van der Waals surface area contributed by atoms with Crippen LogP contribution in [0.1, 0.15) is 33.5 Å². The Hall–Kier alpha value is -2.60. The minimum atomic E-state index is -0.0765. The number of carbonyl (C=O) groups is 1. The van der Waals surface area contributed by atoms with Gasteiger partial charge < -0.3 is 4.90 Å². The standard InChI is InChI=1S/C18H16N2O/c1-20(17-8-3-2-5-16(17)12-19)18(21)15-10-9-13-6-4-7-14(13)11-15/h2-3,5,8-11H,4,6-7H2,1H3. The molecular weight excluding hydrogens is 260 g/mol. The molecule has 0 bridgehead atoms. The lowest BCUT2D eigenvalue weighted by Crippen LogP contribution is -2.27. The van der Waals surface area contributed by atoms with Gasteiger partial charge in [0.25, 0.3) is 5.91 Å². The first-order valence-electron chi connectivity index (χ1n) is 7.09. The minimum Gasteiger partial charge on any atom is -0.310 e. The molecular formula is C18H16N2O. The molecule has 3 heteroatoms. The van der Waals surface area contributed by atoms with E-state index in [2.05, 4.69) is 12.1 Å². The number of amides is 1. The second-order valence-corrected chi connectivity index (χ2v) is 5.33. The molecule has 0 atom stereocenters. The zero-order valence-electron chi connectivity index (χ0n) is 12.0. The summed E-state index contributed by atoms with van der Waals surface area (Å²) < 4.78 is 0. The lowest BCUT2D eigenvalue weighted by molar-refractivity contribution is 0.0993. The van der Waals surface area contributed by atoms with Crippen LogP contribution in [0, 0.1) is 11.3 Å². The average Bonchev–Trinajstić information content (AvgIpc) is 3.00. The molecule has 0 aromatic heterocycles. The molecule has 0 fully saturated rings. The van der Waals surface area contributed by atoms with Crippen LogP contribution in [0.4, 0.5) is 5.69 Å². The Bertz CT molecular complexity index is 743. The second-order valence-electron chi connectivity index (χ2n) is 5.33. The number of benzene rings is 2. The molecule has 104 valence electrons. The summed E-state index contributed by atoms with van der Waals surface area (Å²) >= 11 is 0. The van der Waals surface area contributed by atoms with Crippen molar-refractivity contribution in [2.45, 2.75) is 19.3 Å². The van der Waals surface area contributed by atoms with Gasteiger partial charge in [-0.2, -0.15) is 5.26 Å². The van der Waals surface area contributed by atoms with Crippen molar-refractivity contribution < 1.29 is 4.79 Å². The molecule has 0 spiro atoms. The van der Waals surface area contributed by atoms with Gasteiger partial charge in [-0.05, 0) is 54.7 Å². The van der Waals surface area contributed by atoms with E-state index in [0.717, 1.165) is 12.8 Å². The Balaban J connectivity index is 1.93. The maximum atomic E-state index is 12.6. The van der Waals surface area contributed by atoms with Gasteiger partial charge in [-0.1, -0.05) is 18.2 Å². The van der Waals surface area contributed by atoms with Crippen LogP contribution in [-0.2, 0) is 12.8 Å². The Kier molecular flexibility index (Phi) is 3.45. The molecule has 0 saturated heterocycles. The van der Waals surface area contributed by atoms with Crippen LogP contribution in [0.2, 0.25) is 0 Å². The van der Waals surface area contributed by atoms with E-state index < -0.39 is 0 Å². The Morgan fingerprint density at radius 3 is 2.71 bits per heavy atom. The fourth-order valence-corrected chi connectivity index (χ4v) is 2.87. The fourth-order valence-electron chi connectivity index (χ4n) is 2.87. The van der Waals surface area contributed by atoms with Crippen LogP contribution in [0.15, 0.2) is 42.5 Å². The summed E-state index contributed by atoms with van der Waals surface area (Å²) in [5.41, 5.74) is 4.47. The van der Waals surface area contributed by atoms with Gasteiger partial charge in [0.05, 0.1) is 11.3 Å². The number of fused-ring (bicyclic) bond motifs is 1. The fraction of sp³-hybridized carbons (Fsp3) is 0.222. The number of aryl methyl sites for hydroxylation is 2. The second kappa shape index (κ2) is 5.41. The molecule has 0 radical (unpaired) electrons. The van der Waals surface area contributed by atoms with Gasteiger partial charge in [-0.15, -0.1) is 0 Å². The summed E-state index contributed by atoms with van der Waals surface area (Å²) in [5, 5.41) is 9.16. The molecule has 0 aliphatic heterocycles. The highest BCUT2D eigenvalue weighted by atomic mass is 16.2. The Labute approximate surface area is 124 Å². The van der Waals surface area contributed by atoms with Gasteiger partial charge in [-0.3, -0.25) is 4.79 Å². The van der Waals surface area contributed by atoms with Gasteiger partial charge in [0, 0.05) is 12.6 Å². The van der Waals surface area contributed by atoms with Crippen LogP contribution in [0.25, 0.3) is 0 Å². The smallest absolute Gasteiger partial charge is 0.258 e. The van der Waals surface area contributed by atoms with E-state index in [1.165, 1.54) is 17.5 Å². The molecule has 21 heavy (non-hydrogen) atoms. The summed E-state index contributed by atoms with van der Waals surface area (Å²) in [6.45, 7) is 0. The Morgan fingerprint density at radius 1 is 1.14 bits per heavy atom. The van der Waals surface area contributed by atoms with Crippen molar-refractivity contribution in [2.24, 2.45) is 0 Å². The molecule has 0 unspecified atom stereocenters. The molecule has 1 aliphatic carbocycles. The molecule has 0 saturated carbocycles. The van der Waals surface area contributed by atoms with Gasteiger partial charge in [0.1, 0.15) is 6.07 Å². The molecule has 1 amide bonds. The van der Waals surface area contributed by atoms with Crippen molar-refractivity contribution in [3.63, 3.8) is 0 Å². The molecule has 2 aromatic rings. The molecule has 1 aliphatic rings. The van der Waals surface area contributed by atoms with E-state index in [0.29, 0.717) is 16.8 Å². The van der Waals surface area contributed by atoms with Crippen LogP contribution in [-0.4, -0.2) is 13.0 Å². The molecule has 0 heterocycles. The van der Waals surface area contributed by atoms with E-state index >= 15 is 0 Å². The van der Waals surface area contributed by atoms with E-state index in [1.807, 2.05) is 18.2 Å². The van der Waals surface area contributed by atoms with Crippen molar-refractivity contribution in [1.82, 2.24) is 0 Å². The minimum absolute atomic E-state index is 0.0765. The van der Waals surface area contributed by atoms with Crippen molar-refractivity contribution in [3.05, 3.63) is 64.7 Å². The SMILES string of the molecule is CN(C(=O)c1ccc2c(c1)CCC2)c1ccccc1C#N. The summed E-state index contributed by atoms with van der Waals surface area (Å²) in [5.74, 6) is -0.0765. The van der Waals surface area contributed by atoms with E-state index in [-0.39, 0.29) is 5.91 Å².